The Morgan fingerprint density at radius 1 is 1.44 bits per heavy atom. The second-order valence-electron chi connectivity index (χ2n) is 3.18. The van der Waals surface area contributed by atoms with Crippen molar-refractivity contribution in [1.82, 2.24) is 4.98 Å². The van der Waals surface area contributed by atoms with Gasteiger partial charge in [0.1, 0.15) is 11.6 Å². The summed E-state index contributed by atoms with van der Waals surface area (Å²) in [4.78, 5) is 14.7. The maximum absolute atomic E-state index is 13.0. The summed E-state index contributed by atoms with van der Waals surface area (Å²) in [6.07, 6.45) is 0. The van der Waals surface area contributed by atoms with Gasteiger partial charge in [0.2, 0.25) is 0 Å². The second kappa shape index (κ2) is 3.77. The van der Waals surface area contributed by atoms with E-state index < -0.39 is 11.8 Å². The highest BCUT2D eigenvalue weighted by molar-refractivity contribution is 5.93. The van der Waals surface area contributed by atoms with Gasteiger partial charge in [0.15, 0.2) is 5.69 Å². The SMILES string of the molecule is COc1cc(C(=O)O)nc2ccc(F)cc12. The van der Waals surface area contributed by atoms with Crippen LogP contribution in [0.25, 0.3) is 10.9 Å². The predicted octanol–water partition coefficient (Wildman–Crippen LogP) is 2.08. The third-order valence-electron chi connectivity index (χ3n) is 2.17. The summed E-state index contributed by atoms with van der Waals surface area (Å²) in [6.45, 7) is 0. The fourth-order valence-corrected chi connectivity index (χ4v) is 1.45. The van der Waals surface area contributed by atoms with Crippen molar-refractivity contribution in [2.75, 3.05) is 7.11 Å². The molecule has 0 aliphatic carbocycles. The number of hydrogen-bond acceptors (Lipinski definition) is 3. The second-order valence-corrected chi connectivity index (χ2v) is 3.18. The predicted molar refractivity (Wildman–Crippen MR) is 55.2 cm³/mol. The first kappa shape index (κ1) is 10.4. The molecule has 5 heteroatoms. The lowest BCUT2D eigenvalue weighted by molar-refractivity contribution is 0.0690. The molecule has 1 N–H and O–H groups in total. The van der Waals surface area contributed by atoms with Gasteiger partial charge in [0.25, 0.3) is 0 Å². The first-order chi connectivity index (χ1) is 7.61. The fraction of sp³-hybridized carbons (Fsp3) is 0.0909. The van der Waals surface area contributed by atoms with Gasteiger partial charge in [-0.1, -0.05) is 0 Å². The first-order valence-corrected chi connectivity index (χ1v) is 4.49. The Morgan fingerprint density at radius 3 is 2.81 bits per heavy atom. The Kier molecular flexibility index (Phi) is 2.44. The van der Waals surface area contributed by atoms with E-state index in [-0.39, 0.29) is 5.69 Å². The van der Waals surface area contributed by atoms with Gasteiger partial charge in [-0.2, -0.15) is 0 Å². The average Bonchev–Trinajstić information content (AvgIpc) is 2.27. The molecule has 0 saturated carbocycles. The van der Waals surface area contributed by atoms with Gasteiger partial charge >= 0.3 is 5.97 Å². The van der Waals surface area contributed by atoms with Crippen molar-refractivity contribution in [3.8, 4) is 5.75 Å². The van der Waals surface area contributed by atoms with Gasteiger partial charge in [-0.3, -0.25) is 0 Å². The van der Waals surface area contributed by atoms with E-state index in [0.29, 0.717) is 16.7 Å². The van der Waals surface area contributed by atoms with Crippen molar-refractivity contribution in [2.45, 2.75) is 0 Å². The van der Waals surface area contributed by atoms with Crippen LogP contribution in [0.15, 0.2) is 24.3 Å². The van der Waals surface area contributed by atoms with Crippen LogP contribution in [0.3, 0.4) is 0 Å². The van der Waals surface area contributed by atoms with Crippen molar-refractivity contribution in [3.63, 3.8) is 0 Å². The molecule has 0 unspecified atom stereocenters. The number of halogens is 1. The fourth-order valence-electron chi connectivity index (χ4n) is 1.45. The Morgan fingerprint density at radius 2 is 2.19 bits per heavy atom. The van der Waals surface area contributed by atoms with Crippen molar-refractivity contribution in [1.29, 1.82) is 0 Å². The highest BCUT2D eigenvalue weighted by atomic mass is 19.1. The number of carboxylic acids is 1. The van der Waals surface area contributed by atoms with Crippen LogP contribution in [0.4, 0.5) is 4.39 Å². The molecule has 0 bridgehead atoms. The highest BCUT2D eigenvalue weighted by Gasteiger charge is 2.11. The molecule has 1 heterocycles. The molecule has 0 atom stereocenters. The van der Waals surface area contributed by atoms with E-state index in [4.69, 9.17) is 9.84 Å². The van der Waals surface area contributed by atoms with E-state index >= 15 is 0 Å². The third-order valence-corrected chi connectivity index (χ3v) is 2.17. The molecule has 16 heavy (non-hydrogen) atoms. The maximum Gasteiger partial charge on any atom is 0.354 e. The number of methoxy groups -OCH3 is 1. The van der Waals surface area contributed by atoms with Crippen molar-refractivity contribution >= 4 is 16.9 Å². The molecule has 2 rings (SSSR count). The molecule has 82 valence electrons. The number of rotatable bonds is 2. The zero-order chi connectivity index (χ0) is 11.7. The minimum Gasteiger partial charge on any atom is -0.496 e. The summed E-state index contributed by atoms with van der Waals surface area (Å²) in [5.41, 5.74) is 0.258. The normalized spacial score (nSPS) is 10.4. The quantitative estimate of drug-likeness (QED) is 0.843. The van der Waals surface area contributed by atoms with Crippen molar-refractivity contribution in [3.05, 3.63) is 35.8 Å². The number of carboxylic acid groups (broad SMARTS) is 1. The molecule has 1 aromatic carbocycles. The largest absolute Gasteiger partial charge is 0.496 e. The minimum atomic E-state index is -1.15. The van der Waals surface area contributed by atoms with E-state index in [0.717, 1.165) is 0 Å². The molecule has 0 aliphatic rings. The molecule has 0 aliphatic heterocycles. The van der Waals surface area contributed by atoms with Gasteiger partial charge in [0.05, 0.1) is 12.6 Å². The summed E-state index contributed by atoms with van der Waals surface area (Å²) < 4.78 is 18.0. The number of carbonyl (C=O) groups is 1. The van der Waals surface area contributed by atoms with Crippen LogP contribution in [0, 0.1) is 5.82 Å². The Hall–Kier alpha value is -2.17. The smallest absolute Gasteiger partial charge is 0.354 e. The van der Waals surface area contributed by atoms with Crippen LogP contribution in [0.1, 0.15) is 10.5 Å². The monoisotopic (exact) mass is 221 g/mol. The topological polar surface area (TPSA) is 59.4 Å². The molecule has 0 amide bonds. The molecule has 0 fully saturated rings. The van der Waals surface area contributed by atoms with Gasteiger partial charge in [-0.05, 0) is 18.2 Å². The third kappa shape index (κ3) is 1.67. The number of pyridine rings is 1. The number of ether oxygens (including phenoxy) is 1. The summed E-state index contributed by atoms with van der Waals surface area (Å²) in [5, 5.41) is 9.28. The van der Waals surface area contributed by atoms with E-state index in [2.05, 4.69) is 4.98 Å². The number of hydrogen-bond donors (Lipinski definition) is 1. The van der Waals surface area contributed by atoms with Crippen LogP contribution in [0.2, 0.25) is 0 Å². The maximum atomic E-state index is 13.0. The van der Waals surface area contributed by atoms with Gasteiger partial charge in [-0.25, -0.2) is 14.2 Å². The number of fused-ring (bicyclic) bond motifs is 1. The zero-order valence-corrected chi connectivity index (χ0v) is 8.40. The Balaban J connectivity index is 2.78. The molecular weight excluding hydrogens is 213 g/mol. The van der Waals surface area contributed by atoms with E-state index in [1.807, 2.05) is 0 Å². The molecule has 2 aromatic rings. The van der Waals surface area contributed by atoms with Gasteiger partial charge in [0, 0.05) is 11.5 Å². The molecule has 0 radical (unpaired) electrons. The van der Waals surface area contributed by atoms with Crippen LogP contribution in [0.5, 0.6) is 5.75 Å². The lowest BCUT2D eigenvalue weighted by atomic mass is 10.1. The van der Waals surface area contributed by atoms with Crippen LogP contribution < -0.4 is 4.74 Å². The van der Waals surface area contributed by atoms with Gasteiger partial charge in [-0.15, -0.1) is 0 Å². The number of aromatic carboxylic acids is 1. The van der Waals surface area contributed by atoms with Crippen molar-refractivity contribution < 1.29 is 19.0 Å². The minimum absolute atomic E-state index is 0.129. The lowest BCUT2D eigenvalue weighted by Crippen LogP contribution is -2.01. The van der Waals surface area contributed by atoms with Crippen molar-refractivity contribution in [2.24, 2.45) is 0 Å². The first-order valence-electron chi connectivity index (χ1n) is 4.49. The number of nitrogens with zero attached hydrogens (tertiary/aromatic N) is 1. The molecule has 4 nitrogen and oxygen atoms in total. The van der Waals surface area contributed by atoms with E-state index in [1.54, 1.807) is 0 Å². The van der Waals surface area contributed by atoms with Crippen LogP contribution >= 0.6 is 0 Å². The zero-order valence-electron chi connectivity index (χ0n) is 8.40. The Labute approximate surface area is 90.3 Å². The molecule has 0 spiro atoms. The summed E-state index contributed by atoms with van der Waals surface area (Å²) in [7, 11) is 1.39. The summed E-state index contributed by atoms with van der Waals surface area (Å²) in [6, 6.07) is 5.16. The van der Waals surface area contributed by atoms with E-state index in [9.17, 15) is 9.18 Å². The highest BCUT2D eigenvalue weighted by Crippen LogP contribution is 2.25. The summed E-state index contributed by atoms with van der Waals surface area (Å²) >= 11 is 0. The summed E-state index contributed by atoms with van der Waals surface area (Å²) in [5.74, 6) is -1.28. The van der Waals surface area contributed by atoms with Crippen LogP contribution in [-0.2, 0) is 0 Å². The standard InChI is InChI=1S/C11H8FNO3/c1-16-10-5-9(11(14)15)13-8-3-2-6(12)4-7(8)10/h2-5H,1H3,(H,14,15). The van der Waals surface area contributed by atoms with Crippen LogP contribution in [-0.4, -0.2) is 23.2 Å². The average molecular weight is 221 g/mol. The lowest BCUT2D eigenvalue weighted by Gasteiger charge is -2.06. The Bertz CT molecular complexity index is 568. The molecule has 1 aromatic heterocycles. The number of benzene rings is 1. The molecular formula is C11H8FNO3. The molecule has 0 saturated heterocycles. The number of aromatic nitrogens is 1. The van der Waals surface area contributed by atoms with Gasteiger partial charge < -0.3 is 9.84 Å². The van der Waals surface area contributed by atoms with E-state index in [1.165, 1.54) is 31.4 Å².